The zero-order valence-corrected chi connectivity index (χ0v) is 11.6. The first-order valence-corrected chi connectivity index (χ1v) is 6.68. The van der Waals surface area contributed by atoms with Gasteiger partial charge in [0.25, 0.3) is 0 Å². The van der Waals surface area contributed by atoms with Crippen molar-refractivity contribution in [2.45, 2.75) is 31.8 Å². The second-order valence-electron chi connectivity index (χ2n) is 4.61. The third kappa shape index (κ3) is 5.27. The van der Waals surface area contributed by atoms with Gasteiger partial charge in [-0.15, -0.1) is 0 Å². The fraction of sp³-hybridized carbons (Fsp3) is 0.429. The van der Waals surface area contributed by atoms with Gasteiger partial charge in [-0.25, -0.2) is 4.79 Å². The Kier molecular flexibility index (Phi) is 6.52. The number of nitrogens with two attached hydrogens (primary N) is 2. The summed E-state index contributed by atoms with van der Waals surface area (Å²) in [5.41, 5.74) is 12.0. The number of hydrogen-bond donors (Lipinski definition) is 4. The number of nitrogens with one attached hydrogen (secondary N) is 2. The Morgan fingerprint density at radius 2 is 1.90 bits per heavy atom. The molecule has 0 saturated heterocycles. The lowest BCUT2D eigenvalue weighted by Gasteiger charge is -2.18. The van der Waals surface area contributed by atoms with Gasteiger partial charge in [-0.3, -0.25) is 4.79 Å². The van der Waals surface area contributed by atoms with Gasteiger partial charge >= 0.3 is 6.03 Å². The topological polar surface area (TPSA) is 110 Å². The van der Waals surface area contributed by atoms with Gasteiger partial charge in [0.2, 0.25) is 5.91 Å². The number of primary amides is 1. The molecule has 6 nitrogen and oxygen atoms in total. The Labute approximate surface area is 118 Å². The average Bonchev–Trinajstić information content (AvgIpc) is 2.44. The number of benzene rings is 1. The van der Waals surface area contributed by atoms with Crippen LogP contribution in [0.15, 0.2) is 30.3 Å². The molecule has 0 spiro atoms. The van der Waals surface area contributed by atoms with Gasteiger partial charge in [-0.2, -0.15) is 0 Å². The van der Waals surface area contributed by atoms with E-state index in [1.807, 2.05) is 37.3 Å². The molecule has 6 N–H and O–H groups in total. The molecule has 0 aliphatic rings. The first kappa shape index (κ1) is 16.0. The van der Waals surface area contributed by atoms with E-state index in [9.17, 15) is 9.59 Å². The summed E-state index contributed by atoms with van der Waals surface area (Å²) in [5, 5.41) is 5.17. The number of amides is 3. The van der Waals surface area contributed by atoms with E-state index < -0.39 is 12.1 Å². The maximum atomic E-state index is 12.0. The first-order valence-electron chi connectivity index (χ1n) is 6.68. The van der Waals surface area contributed by atoms with E-state index in [0.29, 0.717) is 13.0 Å². The minimum absolute atomic E-state index is 0.267. The van der Waals surface area contributed by atoms with Crippen LogP contribution in [0, 0.1) is 0 Å². The molecular formula is C14H22N4O2. The number of hydrogen-bond acceptors (Lipinski definition) is 3. The normalized spacial score (nSPS) is 13.3. The molecule has 0 heterocycles. The van der Waals surface area contributed by atoms with E-state index in [0.717, 1.165) is 12.0 Å². The fourth-order valence-electron chi connectivity index (χ4n) is 1.88. The van der Waals surface area contributed by atoms with Crippen molar-refractivity contribution in [3.05, 3.63) is 35.9 Å². The summed E-state index contributed by atoms with van der Waals surface area (Å²) in [5.74, 6) is -0.267. The van der Waals surface area contributed by atoms with Gasteiger partial charge in [0, 0.05) is 12.6 Å². The lowest BCUT2D eigenvalue weighted by Crippen LogP contribution is -2.49. The molecule has 110 valence electrons. The summed E-state index contributed by atoms with van der Waals surface area (Å²) in [4.78, 5) is 22.8. The molecule has 6 heteroatoms. The first-order chi connectivity index (χ1) is 9.54. The molecule has 1 rings (SSSR count). The second kappa shape index (κ2) is 8.16. The Balaban J connectivity index is 2.50. The van der Waals surface area contributed by atoms with Crippen LogP contribution >= 0.6 is 0 Å². The standard InChI is InChI=1S/C14H22N4O2/c1-2-6-12(18-14(16)20)13(19)17-9-11(15)10-7-4-3-5-8-10/h3-5,7-8,11-12H,2,6,9,15H2,1H3,(H,17,19)(H3,16,18,20)/t11?,12-/m1/s1. The summed E-state index contributed by atoms with van der Waals surface area (Å²) >= 11 is 0. The molecule has 0 bridgehead atoms. The maximum Gasteiger partial charge on any atom is 0.312 e. The van der Waals surface area contributed by atoms with Crippen molar-refractivity contribution in [3.8, 4) is 0 Å². The molecule has 0 aromatic heterocycles. The van der Waals surface area contributed by atoms with Gasteiger partial charge in [0.1, 0.15) is 6.04 Å². The van der Waals surface area contributed by atoms with Crippen LogP contribution in [-0.2, 0) is 4.79 Å². The minimum Gasteiger partial charge on any atom is -0.352 e. The zero-order valence-electron chi connectivity index (χ0n) is 11.6. The van der Waals surface area contributed by atoms with E-state index in [4.69, 9.17) is 11.5 Å². The van der Waals surface area contributed by atoms with Crippen LogP contribution in [0.25, 0.3) is 0 Å². The largest absolute Gasteiger partial charge is 0.352 e. The highest BCUT2D eigenvalue weighted by Crippen LogP contribution is 2.08. The van der Waals surface area contributed by atoms with Crippen molar-refractivity contribution >= 4 is 11.9 Å². The fourth-order valence-corrected chi connectivity index (χ4v) is 1.88. The quantitative estimate of drug-likeness (QED) is 0.587. The van der Waals surface area contributed by atoms with E-state index in [1.54, 1.807) is 0 Å². The Hall–Kier alpha value is -2.08. The van der Waals surface area contributed by atoms with E-state index in [1.165, 1.54) is 0 Å². The lowest BCUT2D eigenvalue weighted by molar-refractivity contribution is -0.123. The van der Waals surface area contributed by atoms with Crippen molar-refractivity contribution in [1.82, 2.24) is 10.6 Å². The predicted molar refractivity (Wildman–Crippen MR) is 77.8 cm³/mol. The van der Waals surface area contributed by atoms with E-state index in [-0.39, 0.29) is 11.9 Å². The van der Waals surface area contributed by atoms with Crippen LogP contribution in [0.5, 0.6) is 0 Å². The van der Waals surface area contributed by atoms with Gasteiger partial charge in [0.05, 0.1) is 0 Å². The van der Waals surface area contributed by atoms with Crippen molar-refractivity contribution in [1.29, 1.82) is 0 Å². The number of carbonyl (C=O) groups excluding carboxylic acids is 2. The molecule has 0 fully saturated rings. The molecule has 0 aliphatic heterocycles. The van der Waals surface area contributed by atoms with Crippen LogP contribution in [-0.4, -0.2) is 24.5 Å². The van der Waals surface area contributed by atoms with Crippen LogP contribution in [0.2, 0.25) is 0 Å². The summed E-state index contributed by atoms with van der Waals surface area (Å²) in [7, 11) is 0. The van der Waals surface area contributed by atoms with Crippen molar-refractivity contribution < 1.29 is 9.59 Å². The molecule has 0 saturated carbocycles. The molecule has 0 aliphatic carbocycles. The molecule has 1 aromatic carbocycles. The molecule has 0 radical (unpaired) electrons. The van der Waals surface area contributed by atoms with Crippen molar-refractivity contribution in [2.75, 3.05) is 6.54 Å². The van der Waals surface area contributed by atoms with Gasteiger partial charge in [0.15, 0.2) is 0 Å². The Bertz CT molecular complexity index is 436. The lowest BCUT2D eigenvalue weighted by atomic mass is 10.1. The second-order valence-corrected chi connectivity index (χ2v) is 4.61. The van der Waals surface area contributed by atoms with Gasteiger partial charge < -0.3 is 22.1 Å². The monoisotopic (exact) mass is 278 g/mol. The Morgan fingerprint density at radius 1 is 1.25 bits per heavy atom. The molecule has 1 aromatic rings. The molecule has 1 unspecified atom stereocenters. The summed E-state index contributed by atoms with van der Waals surface area (Å²) in [6, 6.07) is 7.91. The Morgan fingerprint density at radius 3 is 2.45 bits per heavy atom. The van der Waals surface area contributed by atoms with Gasteiger partial charge in [-0.1, -0.05) is 43.7 Å². The predicted octanol–water partition coefficient (Wildman–Crippen LogP) is 0.640. The number of urea groups is 1. The maximum absolute atomic E-state index is 12.0. The van der Waals surface area contributed by atoms with E-state index in [2.05, 4.69) is 10.6 Å². The molecule has 2 atom stereocenters. The van der Waals surface area contributed by atoms with Gasteiger partial charge in [-0.05, 0) is 12.0 Å². The van der Waals surface area contributed by atoms with Crippen molar-refractivity contribution in [2.24, 2.45) is 11.5 Å². The highest BCUT2D eigenvalue weighted by molar-refractivity contribution is 5.86. The third-order valence-electron chi connectivity index (χ3n) is 2.93. The van der Waals surface area contributed by atoms with Crippen LogP contribution in [0.3, 0.4) is 0 Å². The number of carbonyl (C=O) groups is 2. The average molecular weight is 278 g/mol. The van der Waals surface area contributed by atoms with Crippen molar-refractivity contribution in [3.63, 3.8) is 0 Å². The van der Waals surface area contributed by atoms with Crippen LogP contribution < -0.4 is 22.1 Å². The highest BCUT2D eigenvalue weighted by atomic mass is 16.2. The van der Waals surface area contributed by atoms with E-state index >= 15 is 0 Å². The molecular weight excluding hydrogens is 256 g/mol. The highest BCUT2D eigenvalue weighted by Gasteiger charge is 2.19. The molecule has 20 heavy (non-hydrogen) atoms. The number of rotatable bonds is 7. The third-order valence-corrected chi connectivity index (χ3v) is 2.93. The molecule has 3 amide bonds. The SMILES string of the molecule is CCC[C@@H](NC(N)=O)C(=O)NCC(N)c1ccccc1. The summed E-state index contributed by atoms with van der Waals surface area (Å²) in [6.45, 7) is 2.24. The minimum atomic E-state index is -0.703. The smallest absolute Gasteiger partial charge is 0.312 e. The zero-order chi connectivity index (χ0) is 15.0. The van der Waals surface area contributed by atoms with Crippen LogP contribution in [0.1, 0.15) is 31.4 Å². The van der Waals surface area contributed by atoms with Crippen LogP contribution in [0.4, 0.5) is 4.79 Å². The summed E-state index contributed by atoms with van der Waals surface area (Å²) in [6.07, 6.45) is 1.30. The summed E-state index contributed by atoms with van der Waals surface area (Å²) < 4.78 is 0.